The lowest BCUT2D eigenvalue weighted by atomic mass is 10.1. The zero-order valence-corrected chi connectivity index (χ0v) is 16.8. The van der Waals surface area contributed by atoms with E-state index in [1.807, 2.05) is 36.4 Å². The predicted molar refractivity (Wildman–Crippen MR) is 115 cm³/mol. The summed E-state index contributed by atoms with van der Waals surface area (Å²) >= 11 is 0. The SMILES string of the molecule is COc1cc(/C=C/C(=O)c2ccc(N3CCCCCC3)cc2)ccc1OCC#N. The van der Waals surface area contributed by atoms with E-state index < -0.39 is 0 Å². The maximum atomic E-state index is 12.5. The van der Waals surface area contributed by atoms with E-state index in [0.717, 1.165) is 18.7 Å². The molecule has 0 N–H and O–H groups in total. The third kappa shape index (κ3) is 5.61. The van der Waals surface area contributed by atoms with Gasteiger partial charge in [0, 0.05) is 24.3 Å². The number of anilines is 1. The van der Waals surface area contributed by atoms with E-state index in [1.165, 1.54) is 31.4 Å². The van der Waals surface area contributed by atoms with Crippen LogP contribution in [0.4, 0.5) is 5.69 Å². The van der Waals surface area contributed by atoms with Gasteiger partial charge in [-0.25, -0.2) is 0 Å². The molecule has 3 rings (SSSR count). The van der Waals surface area contributed by atoms with E-state index in [4.69, 9.17) is 14.7 Å². The molecular weight excluding hydrogens is 364 g/mol. The van der Waals surface area contributed by atoms with Crippen molar-refractivity contribution in [3.05, 3.63) is 59.7 Å². The van der Waals surface area contributed by atoms with Crippen molar-refractivity contribution >= 4 is 17.5 Å². The molecule has 2 aromatic rings. The second-order valence-corrected chi connectivity index (χ2v) is 7.00. The van der Waals surface area contributed by atoms with Crippen LogP contribution in [-0.4, -0.2) is 32.6 Å². The highest BCUT2D eigenvalue weighted by Crippen LogP contribution is 2.28. The Kier molecular flexibility index (Phi) is 7.29. The highest BCUT2D eigenvalue weighted by molar-refractivity contribution is 6.07. The molecule has 0 aromatic heterocycles. The Morgan fingerprint density at radius 3 is 2.45 bits per heavy atom. The third-order valence-corrected chi connectivity index (χ3v) is 5.03. The van der Waals surface area contributed by atoms with E-state index in [0.29, 0.717) is 17.1 Å². The van der Waals surface area contributed by atoms with Gasteiger partial charge in [-0.15, -0.1) is 0 Å². The molecule has 0 saturated carbocycles. The molecule has 0 unspecified atom stereocenters. The Hall–Kier alpha value is -3.26. The molecule has 0 spiro atoms. The molecule has 1 heterocycles. The van der Waals surface area contributed by atoms with Crippen molar-refractivity contribution in [2.24, 2.45) is 0 Å². The maximum Gasteiger partial charge on any atom is 0.185 e. The van der Waals surface area contributed by atoms with Gasteiger partial charge in [-0.05, 0) is 60.9 Å². The second-order valence-electron chi connectivity index (χ2n) is 7.00. The topological polar surface area (TPSA) is 62.6 Å². The smallest absolute Gasteiger partial charge is 0.185 e. The minimum Gasteiger partial charge on any atom is -0.493 e. The minimum absolute atomic E-state index is 0.0442. The Bertz CT molecular complexity index is 889. The average molecular weight is 390 g/mol. The van der Waals surface area contributed by atoms with Gasteiger partial charge in [0.1, 0.15) is 6.07 Å². The highest BCUT2D eigenvalue weighted by Gasteiger charge is 2.11. The number of rotatable bonds is 7. The highest BCUT2D eigenvalue weighted by atomic mass is 16.5. The van der Waals surface area contributed by atoms with E-state index in [-0.39, 0.29) is 12.4 Å². The fourth-order valence-corrected chi connectivity index (χ4v) is 3.45. The van der Waals surface area contributed by atoms with Crippen molar-refractivity contribution in [2.75, 3.05) is 31.7 Å². The molecule has 5 nitrogen and oxygen atoms in total. The number of carbonyl (C=O) groups is 1. The zero-order chi connectivity index (χ0) is 20.5. The molecule has 1 aliphatic heterocycles. The summed E-state index contributed by atoms with van der Waals surface area (Å²) in [6.07, 6.45) is 8.37. The average Bonchev–Trinajstić information content (AvgIpc) is 3.06. The first-order valence-electron chi connectivity index (χ1n) is 9.96. The molecule has 0 amide bonds. The summed E-state index contributed by atoms with van der Waals surface area (Å²) in [7, 11) is 1.54. The summed E-state index contributed by atoms with van der Waals surface area (Å²) in [4.78, 5) is 14.9. The molecule has 150 valence electrons. The van der Waals surface area contributed by atoms with E-state index in [1.54, 1.807) is 31.4 Å². The van der Waals surface area contributed by atoms with Gasteiger partial charge in [0.05, 0.1) is 7.11 Å². The summed E-state index contributed by atoms with van der Waals surface area (Å²) in [6, 6.07) is 15.1. The minimum atomic E-state index is -0.0452. The van der Waals surface area contributed by atoms with Crippen LogP contribution in [0.3, 0.4) is 0 Å². The van der Waals surface area contributed by atoms with Crippen LogP contribution < -0.4 is 14.4 Å². The number of carbonyl (C=O) groups excluding carboxylic acids is 1. The molecular formula is C24H26N2O3. The van der Waals surface area contributed by atoms with Gasteiger partial charge in [-0.2, -0.15) is 5.26 Å². The summed E-state index contributed by atoms with van der Waals surface area (Å²) in [5.41, 5.74) is 2.67. The Morgan fingerprint density at radius 1 is 1.07 bits per heavy atom. The number of hydrogen-bond donors (Lipinski definition) is 0. The summed E-state index contributed by atoms with van der Waals surface area (Å²) in [5.74, 6) is 0.981. The molecule has 29 heavy (non-hydrogen) atoms. The molecule has 0 atom stereocenters. The number of ketones is 1. The van der Waals surface area contributed by atoms with Crippen molar-refractivity contribution in [3.63, 3.8) is 0 Å². The molecule has 2 aromatic carbocycles. The number of hydrogen-bond acceptors (Lipinski definition) is 5. The van der Waals surface area contributed by atoms with Gasteiger partial charge < -0.3 is 14.4 Å². The van der Waals surface area contributed by atoms with Crippen molar-refractivity contribution in [2.45, 2.75) is 25.7 Å². The molecule has 1 saturated heterocycles. The number of nitrogens with zero attached hydrogens (tertiary/aromatic N) is 2. The fraction of sp³-hybridized carbons (Fsp3) is 0.333. The van der Waals surface area contributed by atoms with Crippen LogP contribution in [0.2, 0.25) is 0 Å². The number of allylic oxidation sites excluding steroid dienone is 1. The van der Waals surface area contributed by atoms with E-state index in [9.17, 15) is 4.79 Å². The summed E-state index contributed by atoms with van der Waals surface area (Å²) < 4.78 is 10.6. The largest absolute Gasteiger partial charge is 0.493 e. The monoisotopic (exact) mass is 390 g/mol. The number of methoxy groups -OCH3 is 1. The lowest BCUT2D eigenvalue weighted by Gasteiger charge is -2.22. The van der Waals surface area contributed by atoms with Crippen molar-refractivity contribution in [1.82, 2.24) is 0 Å². The quantitative estimate of drug-likeness (QED) is 0.498. The summed E-state index contributed by atoms with van der Waals surface area (Å²) in [5, 5.41) is 8.64. The standard InChI is InChI=1S/C24H26N2O3/c1-28-24-18-19(7-13-23(24)29-17-14-25)6-12-22(27)20-8-10-21(11-9-20)26-15-4-2-3-5-16-26/h6-13,18H,2-5,15-17H2,1H3/b12-6+. The molecule has 0 aliphatic carbocycles. The molecule has 5 heteroatoms. The van der Waals surface area contributed by atoms with Gasteiger partial charge in [0.2, 0.25) is 0 Å². The van der Waals surface area contributed by atoms with Crippen molar-refractivity contribution in [1.29, 1.82) is 5.26 Å². The number of benzene rings is 2. The van der Waals surface area contributed by atoms with Gasteiger partial charge in [0.15, 0.2) is 23.9 Å². The van der Waals surface area contributed by atoms with Gasteiger partial charge in [0.25, 0.3) is 0 Å². The van der Waals surface area contributed by atoms with E-state index in [2.05, 4.69) is 4.90 Å². The van der Waals surface area contributed by atoms with Crippen LogP contribution in [0, 0.1) is 11.3 Å². The molecule has 0 radical (unpaired) electrons. The van der Waals surface area contributed by atoms with E-state index >= 15 is 0 Å². The molecule has 0 bridgehead atoms. The first-order chi connectivity index (χ1) is 14.2. The van der Waals surface area contributed by atoms with Crippen LogP contribution in [0.1, 0.15) is 41.6 Å². The first-order valence-corrected chi connectivity index (χ1v) is 9.96. The molecule has 1 aliphatic rings. The Balaban J connectivity index is 1.66. The lowest BCUT2D eigenvalue weighted by Crippen LogP contribution is -2.23. The van der Waals surface area contributed by atoms with Gasteiger partial charge >= 0.3 is 0 Å². The van der Waals surface area contributed by atoms with Crippen LogP contribution >= 0.6 is 0 Å². The van der Waals surface area contributed by atoms with Crippen molar-refractivity contribution < 1.29 is 14.3 Å². The van der Waals surface area contributed by atoms with Crippen LogP contribution in [0.25, 0.3) is 6.08 Å². The predicted octanol–water partition coefficient (Wildman–Crippen LogP) is 4.87. The lowest BCUT2D eigenvalue weighted by molar-refractivity contribution is 0.104. The molecule has 1 fully saturated rings. The van der Waals surface area contributed by atoms with Crippen LogP contribution in [0.5, 0.6) is 11.5 Å². The maximum absolute atomic E-state index is 12.5. The number of ether oxygens (including phenoxy) is 2. The van der Waals surface area contributed by atoms with Gasteiger partial charge in [-0.1, -0.05) is 25.0 Å². The Morgan fingerprint density at radius 2 is 1.79 bits per heavy atom. The summed E-state index contributed by atoms with van der Waals surface area (Å²) in [6.45, 7) is 2.13. The second kappa shape index (κ2) is 10.3. The number of nitriles is 1. The van der Waals surface area contributed by atoms with Crippen LogP contribution in [0.15, 0.2) is 48.5 Å². The Labute approximate surface area is 172 Å². The zero-order valence-electron chi connectivity index (χ0n) is 16.8. The first kappa shape index (κ1) is 20.5. The third-order valence-electron chi connectivity index (χ3n) is 5.03. The van der Waals surface area contributed by atoms with Gasteiger partial charge in [-0.3, -0.25) is 4.79 Å². The normalized spacial score (nSPS) is 14.3. The van der Waals surface area contributed by atoms with Crippen LogP contribution in [-0.2, 0) is 0 Å². The fourth-order valence-electron chi connectivity index (χ4n) is 3.45. The van der Waals surface area contributed by atoms with Crippen molar-refractivity contribution in [3.8, 4) is 17.6 Å².